The number of aromatic amines is 1. The zero-order chi connectivity index (χ0) is 24.8. The Hall–Kier alpha value is -3.20. The summed E-state index contributed by atoms with van der Waals surface area (Å²) in [5.41, 5.74) is 2.64. The molecular weight excluding hydrogens is 462 g/mol. The average Bonchev–Trinajstić information content (AvgIpc) is 3.29. The molecule has 1 unspecified atom stereocenters. The van der Waals surface area contributed by atoms with Crippen molar-refractivity contribution in [3.63, 3.8) is 0 Å². The van der Waals surface area contributed by atoms with E-state index >= 15 is 0 Å². The number of benzene rings is 2. The topological polar surface area (TPSA) is 87.7 Å². The number of hydrogen-bond acceptors (Lipinski definition) is 7. The summed E-state index contributed by atoms with van der Waals surface area (Å²) in [6.07, 6.45) is 1.21. The summed E-state index contributed by atoms with van der Waals surface area (Å²) in [5.74, 6) is 1.82. The molecule has 0 bridgehead atoms. The van der Waals surface area contributed by atoms with Crippen LogP contribution in [0.4, 0.5) is 0 Å². The summed E-state index contributed by atoms with van der Waals surface area (Å²) in [6.45, 7) is 3.66. The van der Waals surface area contributed by atoms with E-state index < -0.39 is 6.10 Å². The highest BCUT2D eigenvalue weighted by atomic mass is 32.1. The van der Waals surface area contributed by atoms with E-state index in [0.717, 1.165) is 29.5 Å². The molecule has 2 N–H and O–H groups in total. The predicted octanol–water partition coefficient (Wildman–Crippen LogP) is 4.83. The van der Waals surface area contributed by atoms with Gasteiger partial charge in [0.25, 0.3) is 5.56 Å². The molecular formula is C27H31N3O4S. The molecule has 0 saturated carbocycles. The number of nitrogens with zero attached hydrogens (tertiary/aromatic N) is 2. The zero-order valence-electron chi connectivity index (χ0n) is 20.3. The number of ether oxygens (including phenoxy) is 2. The van der Waals surface area contributed by atoms with E-state index in [2.05, 4.69) is 28.9 Å². The number of methoxy groups -OCH3 is 2. The summed E-state index contributed by atoms with van der Waals surface area (Å²) in [6, 6.07) is 15.7. The van der Waals surface area contributed by atoms with Crippen LogP contribution in [0.5, 0.6) is 11.5 Å². The van der Waals surface area contributed by atoms with Crippen LogP contribution < -0.4 is 15.0 Å². The molecule has 0 fully saturated rings. The number of thiophene rings is 1. The molecule has 4 aromatic rings. The second-order valence-electron chi connectivity index (χ2n) is 8.51. The molecule has 0 aliphatic heterocycles. The molecule has 7 nitrogen and oxygen atoms in total. The lowest BCUT2D eigenvalue weighted by Crippen LogP contribution is -2.33. The third-order valence-electron chi connectivity index (χ3n) is 5.90. The lowest BCUT2D eigenvalue weighted by Gasteiger charge is -2.24. The second kappa shape index (κ2) is 11.5. The van der Waals surface area contributed by atoms with Gasteiger partial charge in [0.1, 0.15) is 10.7 Å². The molecule has 2 heterocycles. The summed E-state index contributed by atoms with van der Waals surface area (Å²) >= 11 is 1.44. The fourth-order valence-corrected chi connectivity index (χ4v) is 5.21. The highest BCUT2D eigenvalue weighted by Crippen LogP contribution is 2.36. The number of nitrogens with one attached hydrogen (secondary N) is 1. The number of aliphatic hydroxyl groups excluding tert-OH is 1. The Kier molecular flexibility index (Phi) is 8.17. The molecule has 184 valence electrons. The predicted molar refractivity (Wildman–Crippen MR) is 140 cm³/mol. The molecule has 35 heavy (non-hydrogen) atoms. The fraction of sp³-hybridized carbons (Fsp3) is 0.333. The van der Waals surface area contributed by atoms with Gasteiger partial charge in [0.2, 0.25) is 0 Å². The van der Waals surface area contributed by atoms with Gasteiger partial charge in [-0.3, -0.25) is 9.69 Å². The highest BCUT2D eigenvalue weighted by Gasteiger charge is 2.18. The summed E-state index contributed by atoms with van der Waals surface area (Å²) in [4.78, 5) is 23.8. The SMILES string of the molecule is CCCC(O)CN(Cc1ccccc1)Cc1nc2scc(-c3ccc(OC)c(OC)c3)c2c(=O)[nH]1. The van der Waals surface area contributed by atoms with Crippen molar-refractivity contribution in [3.05, 3.63) is 75.7 Å². The molecule has 0 amide bonds. The Morgan fingerprint density at radius 3 is 2.57 bits per heavy atom. The molecule has 8 heteroatoms. The number of hydrogen-bond donors (Lipinski definition) is 2. The first-order valence-electron chi connectivity index (χ1n) is 11.7. The molecule has 2 aromatic heterocycles. The minimum Gasteiger partial charge on any atom is -0.493 e. The van der Waals surface area contributed by atoms with Gasteiger partial charge in [0.15, 0.2) is 11.5 Å². The van der Waals surface area contributed by atoms with E-state index in [9.17, 15) is 9.90 Å². The van der Waals surface area contributed by atoms with Crippen LogP contribution in [0.25, 0.3) is 21.3 Å². The molecule has 1 atom stereocenters. The van der Waals surface area contributed by atoms with Crippen LogP contribution >= 0.6 is 11.3 Å². The summed E-state index contributed by atoms with van der Waals surface area (Å²) in [7, 11) is 3.18. The maximum absolute atomic E-state index is 13.2. The number of H-pyrrole nitrogens is 1. The van der Waals surface area contributed by atoms with Crippen molar-refractivity contribution in [2.45, 2.75) is 39.0 Å². The van der Waals surface area contributed by atoms with E-state index in [0.29, 0.717) is 47.2 Å². The van der Waals surface area contributed by atoms with Crippen LogP contribution in [0.1, 0.15) is 31.2 Å². The van der Waals surface area contributed by atoms with Gasteiger partial charge < -0.3 is 19.6 Å². The van der Waals surface area contributed by atoms with Crippen molar-refractivity contribution in [1.29, 1.82) is 0 Å². The molecule has 0 spiro atoms. The Bertz CT molecular complexity index is 1320. The van der Waals surface area contributed by atoms with E-state index in [-0.39, 0.29) is 5.56 Å². The molecule has 0 aliphatic carbocycles. The van der Waals surface area contributed by atoms with Crippen LogP contribution in [0.3, 0.4) is 0 Å². The van der Waals surface area contributed by atoms with Crippen LogP contribution in [0, 0.1) is 0 Å². The Labute approximate surface area is 209 Å². The Balaban J connectivity index is 1.64. The van der Waals surface area contributed by atoms with Crippen molar-refractivity contribution < 1.29 is 14.6 Å². The van der Waals surface area contributed by atoms with Gasteiger partial charge in [-0.2, -0.15) is 0 Å². The van der Waals surface area contributed by atoms with Gasteiger partial charge in [-0.1, -0.05) is 49.7 Å². The van der Waals surface area contributed by atoms with Gasteiger partial charge >= 0.3 is 0 Å². The van der Waals surface area contributed by atoms with Crippen LogP contribution in [0.2, 0.25) is 0 Å². The minimum atomic E-state index is -0.433. The minimum absolute atomic E-state index is 0.176. The van der Waals surface area contributed by atoms with Gasteiger partial charge in [-0.25, -0.2) is 4.98 Å². The summed E-state index contributed by atoms with van der Waals surface area (Å²) < 4.78 is 10.8. The number of aromatic nitrogens is 2. The van der Waals surface area contributed by atoms with Crippen molar-refractivity contribution in [1.82, 2.24) is 14.9 Å². The molecule has 4 rings (SSSR count). The van der Waals surface area contributed by atoms with E-state index in [1.165, 1.54) is 11.3 Å². The lowest BCUT2D eigenvalue weighted by atomic mass is 10.1. The smallest absolute Gasteiger partial charge is 0.260 e. The largest absolute Gasteiger partial charge is 0.493 e. The molecule has 0 saturated heterocycles. The first-order chi connectivity index (χ1) is 17.0. The van der Waals surface area contributed by atoms with Crippen molar-refractivity contribution in [3.8, 4) is 22.6 Å². The first kappa shape index (κ1) is 24.9. The molecule has 0 radical (unpaired) electrons. The third-order valence-corrected chi connectivity index (χ3v) is 6.77. The third kappa shape index (κ3) is 5.90. The van der Waals surface area contributed by atoms with E-state index in [1.807, 2.05) is 41.8 Å². The Morgan fingerprint density at radius 2 is 1.86 bits per heavy atom. The molecule has 0 aliphatic rings. The van der Waals surface area contributed by atoms with Crippen LogP contribution in [-0.2, 0) is 13.1 Å². The molecule has 2 aromatic carbocycles. The van der Waals surface area contributed by atoms with E-state index in [1.54, 1.807) is 14.2 Å². The number of rotatable bonds is 11. The van der Waals surface area contributed by atoms with Crippen molar-refractivity contribution in [2.24, 2.45) is 0 Å². The van der Waals surface area contributed by atoms with Crippen molar-refractivity contribution >= 4 is 21.6 Å². The van der Waals surface area contributed by atoms with Crippen LogP contribution in [0.15, 0.2) is 58.7 Å². The highest BCUT2D eigenvalue weighted by molar-refractivity contribution is 7.17. The van der Waals surface area contributed by atoms with Gasteiger partial charge in [-0.05, 0) is 29.7 Å². The van der Waals surface area contributed by atoms with Gasteiger partial charge in [-0.15, -0.1) is 11.3 Å². The Morgan fingerprint density at radius 1 is 1.09 bits per heavy atom. The van der Waals surface area contributed by atoms with Gasteiger partial charge in [0.05, 0.1) is 32.3 Å². The second-order valence-corrected chi connectivity index (χ2v) is 9.37. The number of aliphatic hydroxyl groups is 1. The standard InChI is InChI=1S/C27H31N3O4S/c1-4-8-20(31)15-30(14-18-9-6-5-7-10-18)16-24-28-26(32)25-21(17-35-27(25)29-24)19-11-12-22(33-2)23(13-19)34-3/h5-7,9-13,17,20,31H,4,8,14-16H2,1-3H3,(H,28,29,32). The maximum atomic E-state index is 13.2. The fourth-order valence-electron chi connectivity index (χ4n) is 4.25. The van der Waals surface area contributed by atoms with Crippen LogP contribution in [-0.4, -0.2) is 46.8 Å². The average molecular weight is 494 g/mol. The monoisotopic (exact) mass is 493 g/mol. The maximum Gasteiger partial charge on any atom is 0.260 e. The summed E-state index contributed by atoms with van der Waals surface area (Å²) in [5, 5.41) is 13.0. The first-order valence-corrected chi connectivity index (χ1v) is 12.6. The quantitative estimate of drug-likeness (QED) is 0.311. The normalized spacial score (nSPS) is 12.3. The number of fused-ring (bicyclic) bond motifs is 1. The van der Waals surface area contributed by atoms with Crippen molar-refractivity contribution in [2.75, 3.05) is 20.8 Å². The lowest BCUT2D eigenvalue weighted by molar-refractivity contribution is 0.0957. The van der Waals surface area contributed by atoms with E-state index in [4.69, 9.17) is 14.5 Å². The van der Waals surface area contributed by atoms with Gasteiger partial charge in [0, 0.05) is 24.0 Å². The zero-order valence-corrected chi connectivity index (χ0v) is 21.1.